The van der Waals surface area contributed by atoms with Crippen LogP contribution in [0.3, 0.4) is 0 Å². The van der Waals surface area contributed by atoms with Gasteiger partial charge in [-0.1, -0.05) is 12.1 Å². The Balaban J connectivity index is 1.70. The Labute approximate surface area is 171 Å². The Morgan fingerprint density at radius 3 is 2.63 bits per heavy atom. The number of rotatable bonds is 4. The fourth-order valence-electron chi connectivity index (χ4n) is 3.42. The number of nitrogens with zero attached hydrogens (tertiary/aromatic N) is 2. The van der Waals surface area contributed by atoms with Crippen LogP contribution in [0.25, 0.3) is 22.0 Å². The fraction of sp³-hybridized carbons (Fsp3) is 0.217. The first kappa shape index (κ1) is 19.6. The molecule has 0 saturated carbocycles. The van der Waals surface area contributed by atoms with Gasteiger partial charge in [-0.25, -0.2) is 14.6 Å². The first-order valence-electron chi connectivity index (χ1n) is 9.58. The second-order valence-electron chi connectivity index (χ2n) is 7.15. The molecule has 7 nitrogen and oxygen atoms in total. The van der Waals surface area contributed by atoms with Gasteiger partial charge in [-0.3, -0.25) is 4.79 Å². The lowest BCUT2D eigenvalue weighted by atomic mass is 10.1. The van der Waals surface area contributed by atoms with Gasteiger partial charge in [-0.2, -0.15) is 0 Å². The van der Waals surface area contributed by atoms with Gasteiger partial charge < -0.3 is 13.7 Å². The molecule has 1 aromatic carbocycles. The van der Waals surface area contributed by atoms with Crippen LogP contribution in [0.5, 0.6) is 0 Å². The normalized spacial score (nSPS) is 11.2. The molecular formula is C23H20N2O5. The maximum absolute atomic E-state index is 12.8. The van der Waals surface area contributed by atoms with Crippen molar-refractivity contribution in [2.75, 3.05) is 0 Å². The van der Waals surface area contributed by atoms with E-state index < -0.39 is 17.0 Å². The summed E-state index contributed by atoms with van der Waals surface area (Å²) in [6.45, 7) is 6.02. The Bertz CT molecular complexity index is 1420. The predicted molar refractivity (Wildman–Crippen MR) is 113 cm³/mol. The number of benzene rings is 1. The van der Waals surface area contributed by atoms with Crippen LogP contribution in [0.15, 0.2) is 56.6 Å². The monoisotopic (exact) mass is 404 g/mol. The van der Waals surface area contributed by atoms with Crippen molar-refractivity contribution in [2.24, 2.45) is 0 Å². The van der Waals surface area contributed by atoms with Gasteiger partial charge in [0.25, 0.3) is 0 Å². The maximum Gasteiger partial charge on any atom is 0.344 e. The van der Waals surface area contributed by atoms with E-state index in [1.165, 1.54) is 12.3 Å². The second kappa shape index (κ2) is 7.59. The van der Waals surface area contributed by atoms with E-state index in [0.29, 0.717) is 34.1 Å². The maximum atomic E-state index is 12.8. The van der Waals surface area contributed by atoms with E-state index in [-0.39, 0.29) is 12.2 Å². The number of pyridine rings is 2. The van der Waals surface area contributed by atoms with Crippen molar-refractivity contribution < 1.29 is 13.9 Å². The average molecular weight is 404 g/mol. The van der Waals surface area contributed by atoms with E-state index in [2.05, 4.69) is 4.98 Å². The highest BCUT2D eigenvalue weighted by Crippen LogP contribution is 2.20. The molecule has 0 aliphatic rings. The zero-order valence-electron chi connectivity index (χ0n) is 16.9. The highest BCUT2D eigenvalue weighted by molar-refractivity contribution is 5.93. The molecule has 0 radical (unpaired) electrons. The first-order chi connectivity index (χ1) is 14.4. The van der Waals surface area contributed by atoms with Crippen LogP contribution in [0.4, 0.5) is 0 Å². The van der Waals surface area contributed by atoms with E-state index in [1.54, 1.807) is 22.8 Å². The molecule has 3 heterocycles. The smallest absolute Gasteiger partial charge is 0.344 e. The third-order valence-electron chi connectivity index (χ3n) is 4.97. The zero-order valence-corrected chi connectivity index (χ0v) is 16.9. The van der Waals surface area contributed by atoms with Crippen LogP contribution in [-0.2, 0) is 17.9 Å². The molecule has 152 valence electrons. The van der Waals surface area contributed by atoms with Gasteiger partial charge in [0.2, 0.25) is 5.43 Å². The van der Waals surface area contributed by atoms with Crippen LogP contribution < -0.4 is 11.1 Å². The average Bonchev–Trinajstić information content (AvgIpc) is 2.71. The lowest BCUT2D eigenvalue weighted by molar-refractivity contribution is 0.0471. The molecule has 0 atom stereocenters. The van der Waals surface area contributed by atoms with Gasteiger partial charge in [0.1, 0.15) is 23.4 Å². The minimum absolute atomic E-state index is 0.0712. The van der Waals surface area contributed by atoms with Gasteiger partial charge in [0, 0.05) is 35.5 Å². The second-order valence-corrected chi connectivity index (χ2v) is 7.15. The molecular weight excluding hydrogens is 384 g/mol. The lowest BCUT2D eigenvalue weighted by Gasteiger charge is -2.12. The first-order valence-corrected chi connectivity index (χ1v) is 9.58. The molecule has 0 bridgehead atoms. The molecule has 3 aromatic heterocycles. The Morgan fingerprint density at radius 1 is 1.10 bits per heavy atom. The van der Waals surface area contributed by atoms with Gasteiger partial charge in [-0.05, 0) is 44.5 Å². The Morgan fingerprint density at radius 2 is 1.87 bits per heavy atom. The van der Waals surface area contributed by atoms with Gasteiger partial charge in [-0.15, -0.1) is 0 Å². The van der Waals surface area contributed by atoms with Crippen molar-refractivity contribution in [2.45, 2.75) is 33.9 Å². The molecule has 0 unspecified atom stereocenters. The standard InChI is InChI=1S/C23H20N2O5/c1-4-25-11-18(21(27)17-8-6-14(3)24-22(17)25)23(28)29-12-15-10-20(26)30-19-9-13(2)5-7-16(15)19/h5-11H,4,12H2,1-3H3. The summed E-state index contributed by atoms with van der Waals surface area (Å²) < 4.78 is 12.4. The van der Waals surface area contributed by atoms with Crippen LogP contribution in [0.1, 0.15) is 34.1 Å². The van der Waals surface area contributed by atoms with Crippen LogP contribution in [-0.4, -0.2) is 15.5 Å². The van der Waals surface area contributed by atoms with Gasteiger partial charge in [0.05, 0.1) is 5.39 Å². The lowest BCUT2D eigenvalue weighted by Crippen LogP contribution is -2.21. The number of hydrogen-bond acceptors (Lipinski definition) is 6. The molecule has 0 saturated heterocycles. The van der Waals surface area contributed by atoms with Crippen molar-refractivity contribution in [3.05, 3.63) is 85.6 Å². The number of hydrogen-bond donors (Lipinski definition) is 0. The van der Waals surface area contributed by atoms with Crippen molar-refractivity contribution in [3.8, 4) is 0 Å². The number of aryl methyl sites for hydroxylation is 3. The molecule has 4 aromatic rings. The molecule has 4 rings (SSSR count). The van der Waals surface area contributed by atoms with Crippen molar-refractivity contribution >= 4 is 28.0 Å². The summed E-state index contributed by atoms with van der Waals surface area (Å²) in [7, 11) is 0. The topological polar surface area (TPSA) is 91.4 Å². The molecule has 0 fully saturated rings. The summed E-state index contributed by atoms with van der Waals surface area (Å²) in [6.07, 6.45) is 1.47. The molecule has 0 N–H and O–H groups in total. The summed E-state index contributed by atoms with van der Waals surface area (Å²) in [5.41, 5.74) is 2.17. The van der Waals surface area contributed by atoms with Crippen LogP contribution in [0.2, 0.25) is 0 Å². The highest BCUT2D eigenvalue weighted by atomic mass is 16.5. The predicted octanol–water partition coefficient (Wildman–Crippen LogP) is 3.50. The summed E-state index contributed by atoms with van der Waals surface area (Å²) >= 11 is 0. The minimum Gasteiger partial charge on any atom is -0.457 e. The molecule has 0 aliphatic heterocycles. The number of ether oxygens (including phenoxy) is 1. The molecule has 7 heteroatoms. The van der Waals surface area contributed by atoms with E-state index >= 15 is 0 Å². The van der Waals surface area contributed by atoms with Gasteiger partial charge in [0.15, 0.2) is 0 Å². The molecule has 30 heavy (non-hydrogen) atoms. The highest BCUT2D eigenvalue weighted by Gasteiger charge is 2.18. The Hall–Kier alpha value is -3.74. The van der Waals surface area contributed by atoms with Gasteiger partial charge >= 0.3 is 11.6 Å². The van der Waals surface area contributed by atoms with E-state index in [4.69, 9.17) is 9.15 Å². The van der Waals surface area contributed by atoms with E-state index in [9.17, 15) is 14.4 Å². The van der Waals surface area contributed by atoms with Crippen molar-refractivity contribution in [3.63, 3.8) is 0 Å². The largest absolute Gasteiger partial charge is 0.457 e. The van der Waals surface area contributed by atoms with E-state index in [1.807, 2.05) is 32.9 Å². The number of esters is 1. The number of carbonyl (C=O) groups is 1. The number of carbonyl (C=O) groups excluding carboxylic acids is 1. The third kappa shape index (κ3) is 3.50. The SMILES string of the molecule is CCn1cc(C(=O)OCc2cc(=O)oc3cc(C)ccc23)c(=O)c2ccc(C)nc21. The molecule has 0 spiro atoms. The quantitative estimate of drug-likeness (QED) is 0.382. The summed E-state index contributed by atoms with van der Waals surface area (Å²) in [6, 6.07) is 10.1. The fourth-order valence-corrected chi connectivity index (χ4v) is 3.42. The van der Waals surface area contributed by atoms with Crippen molar-refractivity contribution in [1.29, 1.82) is 0 Å². The van der Waals surface area contributed by atoms with Crippen molar-refractivity contribution in [1.82, 2.24) is 9.55 Å². The Kier molecular flexibility index (Phi) is 4.95. The molecule has 0 aliphatic carbocycles. The zero-order chi connectivity index (χ0) is 21.4. The third-order valence-corrected chi connectivity index (χ3v) is 4.97. The minimum atomic E-state index is -0.752. The number of aromatic nitrogens is 2. The van der Waals surface area contributed by atoms with Crippen LogP contribution in [0, 0.1) is 13.8 Å². The number of fused-ring (bicyclic) bond motifs is 2. The van der Waals surface area contributed by atoms with E-state index in [0.717, 1.165) is 11.3 Å². The summed E-state index contributed by atoms with van der Waals surface area (Å²) in [5, 5.41) is 1.04. The summed E-state index contributed by atoms with van der Waals surface area (Å²) in [4.78, 5) is 41.9. The molecule has 0 amide bonds. The summed E-state index contributed by atoms with van der Waals surface area (Å²) in [5.74, 6) is -0.752. The van der Waals surface area contributed by atoms with Crippen LogP contribution >= 0.6 is 0 Å².